The Morgan fingerprint density at radius 2 is 1.55 bits per heavy atom. The van der Waals surface area contributed by atoms with Crippen molar-refractivity contribution in [2.45, 2.75) is 13.8 Å². The molecule has 0 unspecified atom stereocenters. The van der Waals surface area contributed by atoms with Crippen molar-refractivity contribution in [1.29, 1.82) is 0 Å². The second kappa shape index (κ2) is 10.1. The molecule has 4 rings (SSSR count). The number of anilines is 3. The zero-order chi connectivity index (χ0) is 23.2. The van der Waals surface area contributed by atoms with Gasteiger partial charge in [0.15, 0.2) is 5.82 Å². The molecule has 0 atom stereocenters. The van der Waals surface area contributed by atoms with Crippen LogP contribution >= 0.6 is 0 Å². The molecule has 0 bridgehead atoms. The van der Waals surface area contributed by atoms with Crippen molar-refractivity contribution in [2.75, 3.05) is 30.3 Å². The van der Waals surface area contributed by atoms with Crippen LogP contribution < -0.4 is 10.6 Å². The Labute approximate surface area is 193 Å². The number of benzene rings is 3. The second-order valence-electron chi connectivity index (χ2n) is 7.67. The van der Waals surface area contributed by atoms with E-state index in [9.17, 15) is 9.90 Å². The van der Waals surface area contributed by atoms with E-state index in [-0.39, 0.29) is 11.7 Å². The molecule has 7 nitrogen and oxygen atoms in total. The fourth-order valence-electron chi connectivity index (χ4n) is 3.54. The minimum Gasteiger partial charge on any atom is -0.508 e. The van der Waals surface area contributed by atoms with E-state index in [1.54, 1.807) is 24.3 Å². The molecular weight excluding hydrogens is 414 g/mol. The number of hydrogen-bond donors (Lipinski definition) is 3. The summed E-state index contributed by atoms with van der Waals surface area (Å²) >= 11 is 0. The molecule has 0 aliphatic heterocycles. The molecule has 1 heterocycles. The Bertz CT molecular complexity index is 1240. The highest BCUT2D eigenvalue weighted by Crippen LogP contribution is 2.28. The van der Waals surface area contributed by atoms with Crippen LogP contribution in [-0.4, -0.2) is 45.5 Å². The number of carbonyl (C=O) groups excluding carboxylic acids is 1. The summed E-state index contributed by atoms with van der Waals surface area (Å²) in [7, 11) is 0. The van der Waals surface area contributed by atoms with E-state index in [0.717, 1.165) is 40.9 Å². The lowest BCUT2D eigenvalue weighted by atomic mass is 10.1. The van der Waals surface area contributed by atoms with Crippen LogP contribution in [0.1, 0.15) is 13.8 Å². The van der Waals surface area contributed by atoms with Gasteiger partial charge in [0.2, 0.25) is 5.91 Å². The van der Waals surface area contributed by atoms with Crippen LogP contribution in [0.4, 0.5) is 17.2 Å². The zero-order valence-corrected chi connectivity index (χ0v) is 18.7. The van der Waals surface area contributed by atoms with Crippen molar-refractivity contribution >= 4 is 34.0 Å². The van der Waals surface area contributed by atoms with Crippen LogP contribution in [0.2, 0.25) is 0 Å². The monoisotopic (exact) mass is 441 g/mol. The first-order valence-corrected chi connectivity index (χ1v) is 11.0. The molecule has 0 saturated carbocycles. The van der Waals surface area contributed by atoms with Crippen LogP contribution in [-0.2, 0) is 4.79 Å². The van der Waals surface area contributed by atoms with E-state index in [4.69, 9.17) is 4.98 Å². The lowest BCUT2D eigenvalue weighted by Crippen LogP contribution is -2.32. The number of aromatic hydroxyl groups is 1. The number of amides is 1. The lowest BCUT2D eigenvalue weighted by Gasteiger charge is -2.17. The summed E-state index contributed by atoms with van der Waals surface area (Å²) in [6.07, 6.45) is 0. The Morgan fingerprint density at radius 1 is 0.879 bits per heavy atom. The molecule has 0 saturated heterocycles. The third kappa shape index (κ3) is 5.45. The van der Waals surface area contributed by atoms with E-state index in [0.29, 0.717) is 18.2 Å². The molecule has 1 amide bonds. The number of likely N-dealkylation sites (N-methyl/N-ethyl adjacent to an activating group) is 1. The van der Waals surface area contributed by atoms with E-state index >= 15 is 0 Å². The number of rotatable bonds is 8. The topological polar surface area (TPSA) is 90.4 Å². The summed E-state index contributed by atoms with van der Waals surface area (Å²) in [5.41, 5.74) is 3.22. The van der Waals surface area contributed by atoms with Crippen molar-refractivity contribution in [2.24, 2.45) is 0 Å². The smallest absolute Gasteiger partial charge is 0.238 e. The summed E-state index contributed by atoms with van der Waals surface area (Å²) < 4.78 is 0. The average molecular weight is 442 g/mol. The molecule has 33 heavy (non-hydrogen) atoms. The largest absolute Gasteiger partial charge is 0.508 e. The van der Waals surface area contributed by atoms with Crippen molar-refractivity contribution < 1.29 is 9.90 Å². The van der Waals surface area contributed by atoms with Crippen LogP contribution in [0.25, 0.3) is 22.3 Å². The number of nitrogens with one attached hydrogen (secondary N) is 2. The van der Waals surface area contributed by atoms with Gasteiger partial charge in [-0.05, 0) is 73.8 Å². The Hall–Kier alpha value is -3.97. The molecule has 4 aromatic rings. The van der Waals surface area contributed by atoms with Gasteiger partial charge in [0, 0.05) is 22.3 Å². The molecule has 1 aromatic heterocycles. The quantitative estimate of drug-likeness (QED) is 0.355. The van der Waals surface area contributed by atoms with Gasteiger partial charge in [-0.25, -0.2) is 9.97 Å². The number of phenolic OH excluding ortho intramolecular Hbond substituents is 1. The first-order chi connectivity index (χ1) is 16.1. The fraction of sp³-hybridized carbons (Fsp3) is 0.192. The highest BCUT2D eigenvalue weighted by Gasteiger charge is 2.11. The molecule has 3 N–H and O–H groups in total. The van der Waals surface area contributed by atoms with Gasteiger partial charge in [0.1, 0.15) is 11.6 Å². The molecule has 0 aliphatic rings. The van der Waals surface area contributed by atoms with E-state index in [1.165, 1.54) is 0 Å². The van der Waals surface area contributed by atoms with Crippen LogP contribution in [0.5, 0.6) is 5.75 Å². The summed E-state index contributed by atoms with van der Waals surface area (Å²) in [6, 6.07) is 22.2. The van der Waals surface area contributed by atoms with Crippen LogP contribution in [0.3, 0.4) is 0 Å². The second-order valence-corrected chi connectivity index (χ2v) is 7.67. The van der Waals surface area contributed by atoms with Gasteiger partial charge in [0.05, 0.1) is 12.1 Å². The molecular formula is C26H27N5O2. The van der Waals surface area contributed by atoms with Gasteiger partial charge < -0.3 is 15.7 Å². The molecule has 0 aliphatic carbocycles. The minimum atomic E-state index is -0.0280. The maximum Gasteiger partial charge on any atom is 0.238 e. The standard InChI is InChI=1S/C26H27N5O2/c1-3-31(4-2)17-24(33)27-19-11-13-20(14-12-19)28-26-22-7-5-6-8-23(22)29-25(30-26)18-9-15-21(32)16-10-18/h5-16,32H,3-4,17H2,1-2H3,(H,27,33)(H,28,29,30). The lowest BCUT2D eigenvalue weighted by molar-refractivity contribution is -0.117. The maximum absolute atomic E-state index is 12.3. The number of phenols is 1. The zero-order valence-electron chi connectivity index (χ0n) is 18.7. The fourth-order valence-corrected chi connectivity index (χ4v) is 3.54. The number of carbonyl (C=O) groups is 1. The van der Waals surface area contributed by atoms with Gasteiger partial charge in [-0.3, -0.25) is 9.69 Å². The summed E-state index contributed by atoms with van der Waals surface area (Å²) in [4.78, 5) is 23.7. The van der Waals surface area contributed by atoms with Crippen LogP contribution in [0, 0.1) is 0 Å². The molecule has 7 heteroatoms. The maximum atomic E-state index is 12.3. The molecule has 0 fully saturated rings. The van der Waals surface area contributed by atoms with E-state index in [1.807, 2.05) is 62.4 Å². The highest BCUT2D eigenvalue weighted by atomic mass is 16.3. The molecule has 168 valence electrons. The molecule has 3 aromatic carbocycles. The Kier molecular flexibility index (Phi) is 6.80. The Morgan fingerprint density at radius 3 is 2.24 bits per heavy atom. The number of aromatic nitrogens is 2. The number of para-hydroxylation sites is 1. The van der Waals surface area contributed by atoms with Crippen molar-refractivity contribution in [1.82, 2.24) is 14.9 Å². The van der Waals surface area contributed by atoms with Crippen molar-refractivity contribution in [3.8, 4) is 17.1 Å². The van der Waals surface area contributed by atoms with E-state index < -0.39 is 0 Å². The normalized spacial score (nSPS) is 11.0. The summed E-state index contributed by atoms with van der Waals surface area (Å²) in [5.74, 6) is 1.42. The number of fused-ring (bicyclic) bond motifs is 1. The van der Waals surface area contributed by atoms with Gasteiger partial charge in [0.25, 0.3) is 0 Å². The first kappa shape index (κ1) is 22.2. The predicted octanol–water partition coefficient (Wildman–Crippen LogP) is 5.03. The number of nitrogens with zero attached hydrogens (tertiary/aromatic N) is 3. The predicted molar refractivity (Wildman–Crippen MR) is 133 cm³/mol. The third-order valence-corrected chi connectivity index (χ3v) is 5.42. The Balaban J connectivity index is 1.56. The van der Waals surface area contributed by atoms with Crippen molar-refractivity contribution in [3.63, 3.8) is 0 Å². The van der Waals surface area contributed by atoms with Gasteiger partial charge in [-0.15, -0.1) is 0 Å². The van der Waals surface area contributed by atoms with Crippen LogP contribution in [0.15, 0.2) is 72.8 Å². The van der Waals surface area contributed by atoms with E-state index in [2.05, 4.69) is 20.5 Å². The highest BCUT2D eigenvalue weighted by molar-refractivity contribution is 5.93. The third-order valence-electron chi connectivity index (χ3n) is 5.42. The van der Waals surface area contributed by atoms with Gasteiger partial charge in [-0.1, -0.05) is 26.0 Å². The van der Waals surface area contributed by atoms with Gasteiger partial charge >= 0.3 is 0 Å². The van der Waals surface area contributed by atoms with Gasteiger partial charge in [-0.2, -0.15) is 0 Å². The summed E-state index contributed by atoms with van der Waals surface area (Å²) in [5, 5.41) is 16.8. The molecule has 0 radical (unpaired) electrons. The average Bonchev–Trinajstić information content (AvgIpc) is 2.84. The molecule has 0 spiro atoms. The van der Waals surface area contributed by atoms with Crippen molar-refractivity contribution in [3.05, 3.63) is 72.8 Å². The SMILES string of the molecule is CCN(CC)CC(=O)Nc1ccc(Nc2nc(-c3ccc(O)cc3)nc3ccccc23)cc1. The first-order valence-electron chi connectivity index (χ1n) is 11.0. The summed E-state index contributed by atoms with van der Waals surface area (Å²) in [6.45, 7) is 6.14. The minimum absolute atomic E-state index is 0.0280. The number of hydrogen-bond acceptors (Lipinski definition) is 6.